The van der Waals surface area contributed by atoms with Gasteiger partial charge in [0.05, 0.1) is 9.79 Å². The monoisotopic (exact) mass is 450 g/mol. The van der Waals surface area contributed by atoms with Crippen molar-refractivity contribution in [3.63, 3.8) is 0 Å². The predicted octanol–water partition coefficient (Wildman–Crippen LogP) is 2.55. The van der Waals surface area contributed by atoms with Gasteiger partial charge >= 0.3 is 0 Å². The molecule has 0 aliphatic carbocycles. The van der Waals surface area contributed by atoms with Crippen molar-refractivity contribution < 1.29 is 21.6 Å². The smallest absolute Gasteiger partial charge is 0.258 e. The average molecular weight is 451 g/mol. The third-order valence-corrected chi connectivity index (χ3v) is 8.52. The van der Waals surface area contributed by atoms with Crippen LogP contribution >= 0.6 is 0 Å². The average Bonchev–Trinajstić information content (AvgIpc) is 2.67. The number of anilines is 1. The van der Waals surface area contributed by atoms with Gasteiger partial charge in [-0.1, -0.05) is 0 Å². The molecule has 2 aromatic carbocycles. The molecule has 7 nitrogen and oxygen atoms in total. The van der Waals surface area contributed by atoms with Crippen molar-refractivity contribution in [2.45, 2.75) is 36.5 Å². The van der Waals surface area contributed by atoms with Gasteiger partial charge in [-0.2, -0.15) is 0 Å². The Labute approximate surface area is 178 Å². The maximum atomic E-state index is 13.4. The van der Waals surface area contributed by atoms with Crippen LogP contribution in [0.3, 0.4) is 0 Å². The summed E-state index contributed by atoms with van der Waals surface area (Å²) in [7, 11) is -4.13. The van der Waals surface area contributed by atoms with Crippen molar-refractivity contribution in [2.24, 2.45) is 0 Å². The minimum absolute atomic E-state index is 0.112. The van der Waals surface area contributed by atoms with Crippen molar-refractivity contribution >= 4 is 31.5 Å². The molecular formula is C21H26N2O5S2. The van der Waals surface area contributed by atoms with Gasteiger partial charge in [-0.05, 0) is 73.7 Å². The first-order valence-electron chi connectivity index (χ1n) is 9.52. The SMILES string of the molecule is Cc1cc(C(=O)N2CCCc3cc(S(C)(=O)=O)ccc32)cc(S(=O)(=O)N(C)C)c1C. The minimum atomic E-state index is -3.70. The van der Waals surface area contributed by atoms with Crippen LogP contribution in [0.1, 0.15) is 33.5 Å². The standard InChI is InChI=1S/C21H26N2O5S2/c1-14-11-17(13-20(15(14)2)30(27,28)22(3)4)21(24)23-10-6-7-16-12-18(29(5,25)26)8-9-19(16)23/h8-9,11-13H,6-7,10H2,1-5H3. The molecule has 0 N–H and O–H groups in total. The number of carbonyl (C=O) groups is 1. The molecule has 0 fully saturated rings. The normalized spacial score (nSPS) is 14.7. The highest BCUT2D eigenvalue weighted by molar-refractivity contribution is 7.90. The van der Waals surface area contributed by atoms with Crippen molar-refractivity contribution in [3.8, 4) is 0 Å². The Hall–Kier alpha value is -2.23. The summed E-state index contributed by atoms with van der Waals surface area (Å²) in [5.41, 5.74) is 3.07. The molecule has 0 radical (unpaired) electrons. The number of hydrogen-bond donors (Lipinski definition) is 0. The van der Waals surface area contributed by atoms with Crippen LogP contribution in [0.2, 0.25) is 0 Å². The Balaban J connectivity index is 2.08. The minimum Gasteiger partial charge on any atom is -0.308 e. The van der Waals surface area contributed by atoms with Crippen molar-refractivity contribution in [2.75, 3.05) is 31.8 Å². The molecule has 0 aromatic heterocycles. The van der Waals surface area contributed by atoms with Crippen LogP contribution in [0.25, 0.3) is 0 Å². The number of sulfonamides is 1. The highest BCUT2D eigenvalue weighted by atomic mass is 32.2. The topological polar surface area (TPSA) is 91.8 Å². The fourth-order valence-corrected chi connectivity index (χ4v) is 5.47. The molecule has 9 heteroatoms. The summed E-state index contributed by atoms with van der Waals surface area (Å²) < 4.78 is 50.3. The van der Waals surface area contributed by atoms with Crippen LogP contribution in [-0.2, 0) is 26.3 Å². The maximum absolute atomic E-state index is 13.4. The summed E-state index contributed by atoms with van der Waals surface area (Å²) in [5.74, 6) is -0.304. The summed E-state index contributed by atoms with van der Waals surface area (Å²) in [4.78, 5) is 15.3. The number of aryl methyl sites for hydroxylation is 2. The van der Waals surface area contributed by atoms with Crippen molar-refractivity contribution in [3.05, 3.63) is 52.6 Å². The Kier molecular flexibility index (Phi) is 5.83. The van der Waals surface area contributed by atoms with Crippen LogP contribution in [0.4, 0.5) is 5.69 Å². The number of fused-ring (bicyclic) bond motifs is 1. The van der Waals surface area contributed by atoms with E-state index in [0.29, 0.717) is 41.8 Å². The van der Waals surface area contributed by atoms with Crippen LogP contribution < -0.4 is 4.90 Å². The van der Waals surface area contributed by atoms with E-state index >= 15 is 0 Å². The van der Waals surface area contributed by atoms with Crippen LogP contribution in [-0.4, -0.2) is 53.9 Å². The van der Waals surface area contributed by atoms with Gasteiger partial charge in [-0.3, -0.25) is 4.79 Å². The molecule has 1 aliphatic heterocycles. The zero-order valence-electron chi connectivity index (χ0n) is 17.8. The Morgan fingerprint density at radius 3 is 2.30 bits per heavy atom. The molecule has 0 spiro atoms. The van der Waals surface area contributed by atoms with E-state index < -0.39 is 19.9 Å². The number of rotatable bonds is 4. The largest absolute Gasteiger partial charge is 0.308 e. The van der Waals surface area contributed by atoms with E-state index in [2.05, 4.69) is 0 Å². The number of sulfone groups is 1. The first kappa shape index (κ1) is 22.5. The Bertz CT molecular complexity index is 1230. The van der Waals surface area contributed by atoms with Crippen LogP contribution in [0.5, 0.6) is 0 Å². The molecule has 0 atom stereocenters. The lowest BCUT2D eigenvalue weighted by atomic mass is 9.99. The molecular weight excluding hydrogens is 424 g/mol. The van der Waals surface area contributed by atoms with Crippen LogP contribution in [0.15, 0.2) is 40.1 Å². The van der Waals surface area contributed by atoms with E-state index in [9.17, 15) is 21.6 Å². The summed E-state index contributed by atoms with van der Waals surface area (Å²) in [6.45, 7) is 3.99. The number of nitrogens with zero attached hydrogens (tertiary/aromatic N) is 2. The summed E-state index contributed by atoms with van der Waals surface area (Å²) >= 11 is 0. The van der Waals surface area contributed by atoms with Gasteiger partial charge in [0, 0.05) is 38.1 Å². The van der Waals surface area contributed by atoms with E-state index in [0.717, 1.165) is 16.1 Å². The number of carbonyl (C=O) groups excluding carboxylic acids is 1. The third-order valence-electron chi connectivity index (χ3n) is 5.47. The predicted molar refractivity (Wildman–Crippen MR) is 116 cm³/mol. The third kappa shape index (κ3) is 4.01. The molecule has 30 heavy (non-hydrogen) atoms. The quantitative estimate of drug-likeness (QED) is 0.714. The molecule has 1 amide bonds. The lowest BCUT2D eigenvalue weighted by Gasteiger charge is -2.30. The lowest BCUT2D eigenvalue weighted by molar-refractivity contribution is 0.0984. The van der Waals surface area contributed by atoms with Gasteiger partial charge < -0.3 is 4.90 Å². The van der Waals surface area contributed by atoms with E-state index in [-0.39, 0.29) is 15.7 Å². The molecule has 2 aromatic rings. The second-order valence-corrected chi connectivity index (χ2v) is 12.0. The van der Waals surface area contributed by atoms with Crippen molar-refractivity contribution in [1.29, 1.82) is 0 Å². The van der Waals surface area contributed by atoms with Crippen molar-refractivity contribution in [1.82, 2.24) is 4.31 Å². The van der Waals surface area contributed by atoms with Crippen LogP contribution in [0, 0.1) is 13.8 Å². The highest BCUT2D eigenvalue weighted by Gasteiger charge is 2.28. The summed E-state index contributed by atoms with van der Waals surface area (Å²) in [5, 5.41) is 0. The second kappa shape index (κ2) is 7.79. The lowest BCUT2D eigenvalue weighted by Crippen LogP contribution is -2.36. The highest BCUT2D eigenvalue weighted by Crippen LogP contribution is 2.32. The molecule has 1 heterocycles. The van der Waals surface area contributed by atoms with Gasteiger partial charge in [0.25, 0.3) is 5.91 Å². The summed E-state index contributed by atoms with van der Waals surface area (Å²) in [6, 6.07) is 7.90. The molecule has 0 bridgehead atoms. The van der Waals surface area contributed by atoms with Gasteiger partial charge in [0.1, 0.15) is 0 Å². The second-order valence-electron chi connectivity index (χ2n) is 7.83. The molecule has 0 saturated heterocycles. The zero-order valence-corrected chi connectivity index (χ0v) is 19.4. The van der Waals surface area contributed by atoms with Gasteiger partial charge in [0.2, 0.25) is 10.0 Å². The fraction of sp³-hybridized carbons (Fsp3) is 0.381. The Morgan fingerprint density at radius 1 is 1.03 bits per heavy atom. The van der Waals surface area contributed by atoms with E-state index in [4.69, 9.17) is 0 Å². The first-order chi connectivity index (χ1) is 13.8. The summed E-state index contributed by atoms with van der Waals surface area (Å²) in [6.07, 6.45) is 2.53. The fourth-order valence-electron chi connectivity index (χ4n) is 3.59. The van der Waals surface area contributed by atoms with E-state index in [1.54, 1.807) is 36.9 Å². The molecule has 0 unspecified atom stereocenters. The number of benzene rings is 2. The van der Waals surface area contributed by atoms with Gasteiger partial charge in [-0.25, -0.2) is 21.1 Å². The van der Waals surface area contributed by atoms with Gasteiger partial charge in [0.15, 0.2) is 9.84 Å². The van der Waals surface area contributed by atoms with E-state index in [1.807, 2.05) is 0 Å². The molecule has 3 rings (SSSR count). The molecule has 0 saturated carbocycles. The maximum Gasteiger partial charge on any atom is 0.258 e. The molecule has 162 valence electrons. The van der Waals surface area contributed by atoms with Gasteiger partial charge in [-0.15, -0.1) is 0 Å². The molecule has 1 aliphatic rings. The first-order valence-corrected chi connectivity index (χ1v) is 12.9. The number of amides is 1. The number of hydrogen-bond acceptors (Lipinski definition) is 5. The zero-order chi connectivity index (χ0) is 22.4. The Morgan fingerprint density at radius 2 is 1.70 bits per heavy atom. The van der Waals surface area contributed by atoms with E-state index in [1.165, 1.54) is 26.2 Å².